The van der Waals surface area contributed by atoms with Gasteiger partial charge in [0, 0.05) is 0 Å². The summed E-state index contributed by atoms with van der Waals surface area (Å²) >= 11 is 7.15. The van der Waals surface area contributed by atoms with Crippen molar-refractivity contribution in [2.24, 2.45) is 17.8 Å². The maximum Gasteiger partial charge on any atom is 0.160 e. The number of fused-ring (bicyclic) bond motifs is 1. The fourth-order valence-corrected chi connectivity index (χ4v) is 5.61. The Morgan fingerprint density at radius 1 is 1.25 bits per heavy atom. The van der Waals surface area contributed by atoms with Crippen LogP contribution >= 0.6 is 31.9 Å². The van der Waals surface area contributed by atoms with Gasteiger partial charge in [-0.05, 0) is 37.0 Å². The van der Waals surface area contributed by atoms with E-state index in [0.29, 0.717) is 11.7 Å². The highest BCUT2D eigenvalue weighted by atomic mass is 79.9. The van der Waals surface area contributed by atoms with Crippen molar-refractivity contribution in [3.63, 3.8) is 0 Å². The van der Waals surface area contributed by atoms with Crippen molar-refractivity contribution in [2.75, 3.05) is 0 Å². The lowest BCUT2D eigenvalue weighted by atomic mass is 9.66. The van der Waals surface area contributed by atoms with Gasteiger partial charge in [0.15, 0.2) is 5.78 Å². The molecular formula is C13H20Br2O. The molecule has 3 heteroatoms. The molecule has 2 fully saturated rings. The third-order valence-corrected chi connectivity index (χ3v) is 6.27. The van der Waals surface area contributed by atoms with Crippen molar-refractivity contribution in [3.8, 4) is 0 Å². The minimum atomic E-state index is 0.0958. The Balaban J connectivity index is 2.01. The molecule has 0 saturated heterocycles. The molecule has 2 aliphatic rings. The number of Topliss-reactive ketones (excluding diaryl/α,β-unsaturated/α-hetero) is 1. The summed E-state index contributed by atoms with van der Waals surface area (Å²) in [7, 11) is 0. The Labute approximate surface area is 115 Å². The van der Waals surface area contributed by atoms with Gasteiger partial charge in [-0.2, -0.15) is 0 Å². The zero-order chi connectivity index (χ0) is 11.7. The molecule has 0 bridgehead atoms. The molecule has 2 aliphatic carbocycles. The molecule has 0 N–H and O–H groups in total. The second-order valence-corrected chi connectivity index (χ2v) is 7.49. The van der Waals surface area contributed by atoms with Gasteiger partial charge in [-0.1, -0.05) is 58.0 Å². The van der Waals surface area contributed by atoms with E-state index in [-0.39, 0.29) is 9.65 Å². The molecule has 0 amide bonds. The minimum absolute atomic E-state index is 0.0958. The van der Waals surface area contributed by atoms with Crippen molar-refractivity contribution < 1.29 is 4.79 Å². The van der Waals surface area contributed by atoms with E-state index >= 15 is 0 Å². The predicted molar refractivity (Wildman–Crippen MR) is 74.3 cm³/mol. The SMILES string of the molecule is CCCC1CCC2C(C1)CC(Br)C(=O)C2Br. The number of ketones is 1. The van der Waals surface area contributed by atoms with Crippen molar-refractivity contribution in [3.05, 3.63) is 0 Å². The van der Waals surface area contributed by atoms with E-state index in [4.69, 9.17) is 0 Å². The van der Waals surface area contributed by atoms with Crippen LogP contribution in [0.1, 0.15) is 45.4 Å². The summed E-state index contributed by atoms with van der Waals surface area (Å²) in [4.78, 5) is 12.1. The fraction of sp³-hybridized carbons (Fsp3) is 0.923. The first-order valence-corrected chi connectivity index (χ1v) is 8.28. The fourth-order valence-electron chi connectivity index (χ4n) is 3.48. The lowest BCUT2D eigenvalue weighted by Gasteiger charge is -2.43. The first-order valence-electron chi connectivity index (χ1n) is 6.45. The van der Waals surface area contributed by atoms with Crippen LogP contribution in [0.3, 0.4) is 0 Å². The van der Waals surface area contributed by atoms with Gasteiger partial charge in [0.25, 0.3) is 0 Å². The van der Waals surface area contributed by atoms with Crippen LogP contribution in [-0.4, -0.2) is 15.4 Å². The van der Waals surface area contributed by atoms with E-state index in [1.165, 1.54) is 32.1 Å². The standard InChI is InChI=1S/C13H20Br2O/c1-2-3-8-4-5-10-9(6-8)7-11(14)13(16)12(10)15/h8-12H,2-7H2,1H3. The van der Waals surface area contributed by atoms with Gasteiger partial charge < -0.3 is 0 Å². The van der Waals surface area contributed by atoms with E-state index < -0.39 is 0 Å². The van der Waals surface area contributed by atoms with Crippen molar-refractivity contribution in [1.29, 1.82) is 0 Å². The molecule has 0 radical (unpaired) electrons. The van der Waals surface area contributed by atoms with E-state index in [1.807, 2.05) is 0 Å². The molecule has 16 heavy (non-hydrogen) atoms. The molecular weight excluding hydrogens is 332 g/mol. The van der Waals surface area contributed by atoms with E-state index in [1.54, 1.807) is 0 Å². The van der Waals surface area contributed by atoms with Crippen molar-refractivity contribution >= 4 is 37.6 Å². The first kappa shape index (κ1) is 13.1. The number of alkyl halides is 2. The summed E-state index contributed by atoms with van der Waals surface area (Å²) < 4.78 is 0. The summed E-state index contributed by atoms with van der Waals surface area (Å²) in [6.45, 7) is 2.27. The maximum absolute atomic E-state index is 11.9. The Morgan fingerprint density at radius 2 is 2.00 bits per heavy atom. The molecule has 0 heterocycles. The van der Waals surface area contributed by atoms with Crippen LogP contribution in [0.25, 0.3) is 0 Å². The zero-order valence-corrected chi connectivity index (χ0v) is 13.0. The molecule has 92 valence electrons. The van der Waals surface area contributed by atoms with Gasteiger partial charge in [-0.15, -0.1) is 0 Å². The minimum Gasteiger partial charge on any atom is -0.297 e. The highest BCUT2D eigenvalue weighted by molar-refractivity contribution is 9.10. The number of rotatable bonds is 2. The van der Waals surface area contributed by atoms with Gasteiger partial charge in [0.2, 0.25) is 0 Å². The van der Waals surface area contributed by atoms with Crippen LogP contribution in [0.15, 0.2) is 0 Å². The smallest absolute Gasteiger partial charge is 0.160 e. The predicted octanol–water partition coefficient (Wildman–Crippen LogP) is 4.32. The van der Waals surface area contributed by atoms with Crippen molar-refractivity contribution in [1.82, 2.24) is 0 Å². The molecule has 5 unspecified atom stereocenters. The Bertz CT molecular complexity index is 267. The van der Waals surface area contributed by atoms with E-state index in [2.05, 4.69) is 38.8 Å². The molecule has 2 saturated carbocycles. The average molecular weight is 352 g/mol. The highest BCUT2D eigenvalue weighted by Crippen LogP contribution is 2.46. The van der Waals surface area contributed by atoms with E-state index in [0.717, 1.165) is 18.3 Å². The Kier molecular flexibility index (Phi) is 4.51. The van der Waals surface area contributed by atoms with E-state index in [9.17, 15) is 4.79 Å². The number of hydrogen-bond acceptors (Lipinski definition) is 1. The van der Waals surface area contributed by atoms with Gasteiger partial charge in [0.1, 0.15) is 0 Å². The summed E-state index contributed by atoms with van der Waals surface area (Å²) in [5.41, 5.74) is 0. The summed E-state index contributed by atoms with van der Waals surface area (Å²) in [6, 6.07) is 0. The molecule has 0 aromatic carbocycles. The molecule has 1 nitrogen and oxygen atoms in total. The first-order chi connectivity index (χ1) is 7.63. The topological polar surface area (TPSA) is 17.1 Å². The molecule has 0 aromatic rings. The molecule has 0 aromatic heterocycles. The third kappa shape index (κ3) is 2.55. The number of hydrogen-bond donors (Lipinski definition) is 0. The van der Waals surface area contributed by atoms with Crippen LogP contribution in [0.5, 0.6) is 0 Å². The van der Waals surface area contributed by atoms with Gasteiger partial charge in [0.05, 0.1) is 9.65 Å². The second-order valence-electron chi connectivity index (χ2n) is 5.40. The van der Waals surface area contributed by atoms with Gasteiger partial charge >= 0.3 is 0 Å². The number of carbonyl (C=O) groups excluding carboxylic acids is 1. The Hall–Kier alpha value is 0.630. The van der Waals surface area contributed by atoms with Gasteiger partial charge in [-0.3, -0.25) is 4.79 Å². The monoisotopic (exact) mass is 350 g/mol. The van der Waals surface area contributed by atoms with Crippen LogP contribution in [0, 0.1) is 17.8 Å². The average Bonchev–Trinajstić information content (AvgIpc) is 2.26. The van der Waals surface area contributed by atoms with Crippen molar-refractivity contribution in [2.45, 2.75) is 55.1 Å². The lowest BCUT2D eigenvalue weighted by molar-refractivity contribution is -0.121. The summed E-state index contributed by atoms with van der Waals surface area (Å²) in [5, 5.41) is 0. The third-order valence-electron chi connectivity index (χ3n) is 4.31. The number of halogens is 2. The maximum atomic E-state index is 11.9. The highest BCUT2D eigenvalue weighted by Gasteiger charge is 2.44. The second kappa shape index (κ2) is 5.51. The van der Waals surface area contributed by atoms with Crippen LogP contribution < -0.4 is 0 Å². The zero-order valence-electron chi connectivity index (χ0n) is 9.79. The quantitative estimate of drug-likeness (QED) is 0.677. The van der Waals surface area contributed by atoms with Crippen LogP contribution in [-0.2, 0) is 4.79 Å². The van der Waals surface area contributed by atoms with Crippen LogP contribution in [0.2, 0.25) is 0 Å². The normalized spacial score (nSPS) is 44.2. The Morgan fingerprint density at radius 3 is 2.69 bits per heavy atom. The lowest BCUT2D eigenvalue weighted by Crippen LogP contribution is -2.44. The molecule has 2 rings (SSSR count). The van der Waals surface area contributed by atoms with Gasteiger partial charge in [-0.25, -0.2) is 0 Å². The molecule has 5 atom stereocenters. The summed E-state index contributed by atoms with van der Waals surface area (Å²) in [5.74, 6) is 2.65. The number of carbonyl (C=O) groups is 1. The summed E-state index contributed by atoms with van der Waals surface area (Å²) in [6.07, 6.45) is 7.66. The molecule has 0 aliphatic heterocycles. The molecule has 0 spiro atoms. The van der Waals surface area contributed by atoms with Crippen LogP contribution in [0.4, 0.5) is 0 Å². The largest absolute Gasteiger partial charge is 0.297 e.